The molecule has 0 saturated carbocycles. The third-order valence-corrected chi connectivity index (χ3v) is 4.59. The molecule has 1 aromatic heterocycles. The summed E-state index contributed by atoms with van der Waals surface area (Å²) in [5.74, 6) is 0.147. The van der Waals surface area contributed by atoms with Crippen molar-refractivity contribution in [1.82, 2.24) is 9.47 Å². The van der Waals surface area contributed by atoms with Gasteiger partial charge >= 0.3 is 0 Å². The summed E-state index contributed by atoms with van der Waals surface area (Å²) in [7, 11) is 3.60. The fourth-order valence-electron chi connectivity index (χ4n) is 3.36. The van der Waals surface area contributed by atoms with E-state index in [1.165, 1.54) is 6.42 Å². The van der Waals surface area contributed by atoms with Gasteiger partial charge in [-0.25, -0.2) is 0 Å². The van der Waals surface area contributed by atoms with Crippen LogP contribution in [0, 0.1) is 0 Å². The Kier molecular flexibility index (Phi) is 4.86. The highest BCUT2D eigenvalue weighted by Crippen LogP contribution is 2.30. The molecule has 1 N–H and O–H groups in total. The van der Waals surface area contributed by atoms with Crippen LogP contribution in [-0.4, -0.2) is 49.2 Å². The number of anilines is 1. The number of benzene rings is 1. The number of carbonyl (C=O) groups is 1. The lowest BCUT2D eigenvalue weighted by Gasteiger charge is -2.26. The van der Waals surface area contributed by atoms with E-state index in [1.54, 1.807) is 7.11 Å². The first-order valence-electron chi connectivity index (χ1n) is 8.34. The van der Waals surface area contributed by atoms with Crippen molar-refractivity contribution in [1.29, 1.82) is 0 Å². The maximum atomic E-state index is 13.0. The van der Waals surface area contributed by atoms with Crippen LogP contribution < -0.4 is 5.32 Å². The van der Waals surface area contributed by atoms with Gasteiger partial charge in [-0.2, -0.15) is 0 Å². The second kappa shape index (κ2) is 7.04. The number of rotatable bonds is 5. The van der Waals surface area contributed by atoms with Crippen LogP contribution in [0.3, 0.4) is 0 Å². The number of methoxy groups -OCH3 is 1. The van der Waals surface area contributed by atoms with Gasteiger partial charge in [0.15, 0.2) is 0 Å². The highest BCUT2D eigenvalue weighted by Gasteiger charge is 2.23. The van der Waals surface area contributed by atoms with Gasteiger partial charge in [0.2, 0.25) is 0 Å². The Labute approximate surface area is 137 Å². The van der Waals surface area contributed by atoms with Crippen molar-refractivity contribution in [3.05, 3.63) is 30.0 Å². The van der Waals surface area contributed by atoms with Gasteiger partial charge in [-0.15, -0.1) is 0 Å². The van der Waals surface area contributed by atoms with Gasteiger partial charge in [0.05, 0.1) is 17.7 Å². The van der Waals surface area contributed by atoms with Gasteiger partial charge in [0.25, 0.3) is 5.91 Å². The summed E-state index contributed by atoms with van der Waals surface area (Å²) in [6, 6.07) is 6.11. The van der Waals surface area contributed by atoms with Crippen LogP contribution in [0.2, 0.25) is 0 Å². The average Bonchev–Trinajstić information content (AvgIpc) is 2.99. The fraction of sp³-hybridized carbons (Fsp3) is 0.500. The molecule has 0 bridgehead atoms. The van der Waals surface area contributed by atoms with E-state index in [0.29, 0.717) is 6.61 Å². The molecule has 124 valence electrons. The van der Waals surface area contributed by atoms with E-state index in [9.17, 15) is 4.79 Å². The Bertz CT molecular complexity index is 687. The minimum Gasteiger partial charge on any atom is -0.388 e. The molecule has 1 aliphatic rings. The molecule has 0 unspecified atom stereocenters. The van der Waals surface area contributed by atoms with Crippen molar-refractivity contribution in [2.24, 2.45) is 0 Å². The number of hydrogen-bond donors (Lipinski definition) is 1. The fourth-order valence-corrected chi connectivity index (χ4v) is 3.36. The lowest BCUT2D eigenvalue weighted by Crippen LogP contribution is -2.35. The molecular formula is C18H25N3O2. The Morgan fingerprint density at radius 3 is 2.74 bits per heavy atom. The summed E-state index contributed by atoms with van der Waals surface area (Å²) in [6.45, 7) is 3.11. The van der Waals surface area contributed by atoms with Gasteiger partial charge in [-0.3, -0.25) is 4.79 Å². The molecule has 1 aliphatic heterocycles. The normalized spacial score (nSPS) is 15.1. The SMILES string of the molecule is CNc1cccc2c1c(C(=O)N1CCCCC1)cn2CCOC. The second-order valence-electron chi connectivity index (χ2n) is 6.03. The molecule has 0 radical (unpaired) electrons. The molecule has 1 fully saturated rings. The predicted octanol–water partition coefficient (Wildman–Crippen LogP) is 2.96. The van der Waals surface area contributed by atoms with Gasteiger partial charge in [-0.05, 0) is 31.4 Å². The van der Waals surface area contributed by atoms with Gasteiger partial charge < -0.3 is 19.5 Å². The molecule has 5 nitrogen and oxygen atoms in total. The first-order valence-corrected chi connectivity index (χ1v) is 8.34. The second-order valence-corrected chi connectivity index (χ2v) is 6.03. The minimum absolute atomic E-state index is 0.147. The highest BCUT2D eigenvalue weighted by atomic mass is 16.5. The van der Waals surface area contributed by atoms with Crippen molar-refractivity contribution in [2.45, 2.75) is 25.8 Å². The largest absolute Gasteiger partial charge is 0.388 e. The standard InChI is InChI=1S/C18H25N3O2/c1-19-15-7-6-8-16-17(15)14(13-21(16)11-12-23-2)18(22)20-9-4-3-5-10-20/h6-8,13,19H,3-5,9-12H2,1-2H3. The highest BCUT2D eigenvalue weighted by molar-refractivity contribution is 6.11. The Balaban J connectivity index is 2.05. The van der Waals surface area contributed by atoms with Gasteiger partial charge in [0.1, 0.15) is 0 Å². The average molecular weight is 315 g/mol. The van der Waals surface area contributed by atoms with E-state index in [1.807, 2.05) is 30.3 Å². The molecular weight excluding hydrogens is 290 g/mol. The summed E-state index contributed by atoms with van der Waals surface area (Å²) in [6.07, 6.45) is 5.42. The molecule has 1 amide bonds. The number of nitrogens with zero attached hydrogens (tertiary/aromatic N) is 2. The molecule has 0 spiro atoms. The number of piperidine rings is 1. The van der Waals surface area contributed by atoms with E-state index >= 15 is 0 Å². The third kappa shape index (κ3) is 3.06. The lowest BCUT2D eigenvalue weighted by molar-refractivity contribution is 0.0726. The van der Waals surface area contributed by atoms with Gasteiger partial charge in [0, 0.05) is 51.1 Å². The molecule has 5 heteroatoms. The van der Waals surface area contributed by atoms with E-state index < -0.39 is 0 Å². The zero-order valence-electron chi connectivity index (χ0n) is 14.0. The Hall–Kier alpha value is -2.01. The van der Waals surface area contributed by atoms with Gasteiger partial charge in [-0.1, -0.05) is 6.07 Å². The molecule has 23 heavy (non-hydrogen) atoms. The quantitative estimate of drug-likeness (QED) is 0.923. The van der Waals surface area contributed by atoms with Crippen LogP contribution in [0.15, 0.2) is 24.4 Å². The topological polar surface area (TPSA) is 46.5 Å². The van der Waals surface area contributed by atoms with E-state index in [-0.39, 0.29) is 5.91 Å². The first-order chi connectivity index (χ1) is 11.3. The van der Waals surface area contributed by atoms with E-state index in [4.69, 9.17) is 4.74 Å². The van der Waals surface area contributed by atoms with Crippen molar-refractivity contribution in [3.63, 3.8) is 0 Å². The third-order valence-electron chi connectivity index (χ3n) is 4.59. The van der Waals surface area contributed by atoms with E-state index in [0.717, 1.165) is 54.6 Å². The monoisotopic (exact) mass is 315 g/mol. The molecule has 0 atom stereocenters. The number of aromatic nitrogens is 1. The molecule has 1 saturated heterocycles. The van der Waals surface area contributed by atoms with Crippen LogP contribution in [0.25, 0.3) is 10.9 Å². The van der Waals surface area contributed by atoms with Crippen LogP contribution in [0.4, 0.5) is 5.69 Å². The zero-order valence-corrected chi connectivity index (χ0v) is 14.0. The molecule has 1 aromatic carbocycles. The Morgan fingerprint density at radius 2 is 2.04 bits per heavy atom. The maximum Gasteiger partial charge on any atom is 0.256 e. The van der Waals surface area contributed by atoms with Crippen molar-refractivity contribution in [2.75, 3.05) is 39.2 Å². The number of likely N-dealkylation sites (tertiary alicyclic amines) is 1. The molecule has 3 rings (SSSR count). The predicted molar refractivity (Wildman–Crippen MR) is 93.1 cm³/mol. The number of hydrogen-bond acceptors (Lipinski definition) is 3. The number of amides is 1. The minimum atomic E-state index is 0.147. The van der Waals surface area contributed by atoms with Crippen LogP contribution in [0.1, 0.15) is 29.6 Å². The lowest BCUT2D eigenvalue weighted by atomic mass is 10.1. The number of nitrogens with one attached hydrogen (secondary N) is 1. The molecule has 2 aromatic rings. The van der Waals surface area contributed by atoms with Crippen molar-refractivity contribution in [3.8, 4) is 0 Å². The smallest absolute Gasteiger partial charge is 0.256 e. The number of ether oxygens (including phenoxy) is 1. The van der Waals surface area contributed by atoms with Crippen LogP contribution >= 0.6 is 0 Å². The van der Waals surface area contributed by atoms with Crippen LogP contribution in [-0.2, 0) is 11.3 Å². The summed E-state index contributed by atoms with van der Waals surface area (Å²) in [4.78, 5) is 15.0. The number of fused-ring (bicyclic) bond motifs is 1. The summed E-state index contributed by atoms with van der Waals surface area (Å²) in [5.41, 5.74) is 2.87. The molecule has 2 heterocycles. The summed E-state index contributed by atoms with van der Waals surface area (Å²) >= 11 is 0. The van der Waals surface area contributed by atoms with E-state index in [2.05, 4.69) is 16.0 Å². The maximum absolute atomic E-state index is 13.0. The zero-order chi connectivity index (χ0) is 16.2. The van der Waals surface area contributed by atoms with Crippen molar-refractivity contribution >= 4 is 22.5 Å². The first kappa shape index (κ1) is 15.9. The van der Waals surface area contributed by atoms with Crippen molar-refractivity contribution < 1.29 is 9.53 Å². The Morgan fingerprint density at radius 1 is 1.26 bits per heavy atom. The summed E-state index contributed by atoms with van der Waals surface area (Å²) in [5, 5.41) is 4.24. The summed E-state index contributed by atoms with van der Waals surface area (Å²) < 4.78 is 7.33. The number of carbonyl (C=O) groups excluding carboxylic acids is 1. The van der Waals surface area contributed by atoms with Crippen LogP contribution in [0.5, 0.6) is 0 Å². The molecule has 0 aliphatic carbocycles.